The molecule has 4 aliphatic carbocycles. The van der Waals surface area contributed by atoms with Gasteiger partial charge in [0.15, 0.2) is 0 Å². The minimum Gasteiger partial charge on any atom is -0.311 e. The van der Waals surface area contributed by atoms with E-state index in [0.717, 1.165) is 34.8 Å². The maximum Gasteiger partial charge on any atom is 0.0462 e. The summed E-state index contributed by atoms with van der Waals surface area (Å²) in [6.45, 7) is 0. The molecule has 0 aliphatic heterocycles. The summed E-state index contributed by atoms with van der Waals surface area (Å²) in [6.07, 6.45) is 8.72. The summed E-state index contributed by atoms with van der Waals surface area (Å²) in [5.74, 6) is 2.90. The molecule has 7 aromatic rings. The molecule has 0 radical (unpaired) electrons. The van der Waals surface area contributed by atoms with Crippen molar-refractivity contribution in [2.24, 2.45) is 17.8 Å². The third-order valence-corrected chi connectivity index (χ3v) is 12.5. The Bertz CT molecular complexity index is 2260. The lowest BCUT2D eigenvalue weighted by Gasteiger charge is -2.57. The van der Waals surface area contributed by atoms with Crippen LogP contribution in [0.15, 0.2) is 170 Å². The molecular weight excluding hydrogens is 615 g/mol. The van der Waals surface area contributed by atoms with Gasteiger partial charge in [-0.1, -0.05) is 133 Å². The lowest BCUT2D eigenvalue weighted by molar-refractivity contribution is -0.00518. The first-order valence-electron chi connectivity index (χ1n) is 18.9. The molecule has 0 spiro atoms. The van der Waals surface area contributed by atoms with E-state index in [4.69, 9.17) is 0 Å². The van der Waals surface area contributed by atoms with Crippen LogP contribution in [0.4, 0.5) is 17.1 Å². The molecule has 0 aromatic heterocycles. The Labute approximate surface area is 302 Å². The van der Waals surface area contributed by atoms with Gasteiger partial charge in [0.25, 0.3) is 0 Å². The van der Waals surface area contributed by atoms with Crippen molar-refractivity contribution in [2.45, 2.75) is 43.9 Å². The van der Waals surface area contributed by atoms with Gasteiger partial charge in [-0.25, -0.2) is 0 Å². The molecule has 4 saturated carbocycles. The maximum absolute atomic E-state index is 2.47. The standard InChI is InChI=1S/C50H43N/c1-2-7-38(8-3-1)40-15-23-45(24-16-40)51(47-27-19-43(20-28-47)49-12-6-10-42-9-4-5-11-48(42)49)46-25-17-41(18-26-46)39-13-21-44(22-14-39)50-32-35-29-36(33-50)31-37(30-35)34-50/h1-28,35-37H,29-34H2. The van der Waals surface area contributed by atoms with Gasteiger partial charge in [-0.05, 0) is 148 Å². The Morgan fingerprint density at radius 2 is 0.804 bits per heavy atom. The van der Waals surface area contributed by atoms with Crippen molar-refractivity contribution in [1.82, 2.24) is 0 Å². The second-order valence-electron chi connectivity index (χ2n) is 15.6. The van der Waals surface area contributed by atoms with Crippen LogP contribution in [-0.4, -0.2) is 0 Å². The van der Waals surface area contributed by atoms with Crippen LogP contribution in [0.25, 0.3) is 44.2 Å². The van der Waals surface area contributed by atoms with Crippen LogP contribution in [0.1, 0.15) is 44.1 Å². The molecule has 1 nitrogen and oxygen atoms in total. The average molecular weight is 658 g/mol. The van der Waals surface area contributed by atoms with Crippen molar-refractivity contribution in [3.8, 4) is 33.4 Å². The van der Waals surface area contributed by atoms with E-state index in [1.807, 2.05) is 0 Å². The van der Waals surface area contributed by atoms with E-state index in [9.17, 15) is 0 Å². The SMILES string of the molecule is c1ccc(-c2ccc(N(c3ccc(-c4ccc(C56CC7CC(CC(C7)C5)C6)cc4)cc3)c3ccc(-c4cccc5ccccc45)cc3)cc2)cc1. The Morgan fingerprint density at radius 3 is 1.35 bits per heavy atom. The molecule has 0 heterocycles. The molecule has 51 heavy (non-hydrogen) atoms. The number of benzene rings is 7. The summed E-state index contributed by atoms with van der Waals surface area (Å²) in [5, 5.41) is 2.55. The second-order valence-corrected chi connectivity index (χ2v) is 15.6. The van der Waals surface area contributed by atoms with Gasteiger partial charge < -0.3 is 4.90 Å². The molecule has 0 unspecified atom stereocenters. The fraction of sp³-hybridized carbons (Fsp3) is 0.200. The van der Waals surface area contributed by atoms with E-state index in [1.165, 1.54) is 82.7 Å². The Balaban J connectivity index is 0.972. The number of anilines is 3. The number of hydrogen-bond donors (Lipinski definition) is 0. The largest absolute Gasteiger partial charge is 0.311 e. The van der Waals surface area contributed by atoms with Gasteiger partial charge in [-0.2, -0.15) is 0 Å². The zero-order valence-corrected chi connectivity index (χ0v) is 29.1. The van der Waals surface area contributed by atoms with Gasteiger partial charge in [0.2, 0.25) is 0 Å². The maximum atomic E-state index is 2.47. The molecule has 4 fully saturated rings. The second kappa shape index (κ2) is 12.4. The smallest absolute Gasteiger partial charge is 0.0462 e. The summed E-state index contributed by atoms with van der Waals surface area (Å²) in [7, 11) is 0. The van der Waals surface area contributed by atoms with Crippen LogP contribution in [0, 0.1) is 17.8 Å². The highest BCUT2D eigenvalue weighted by molar-refractivity contribution is 5.97. The predicted molar refractivity (Wildman–Crippen MR) is 215 cm³/mol. The minimum absolute atomic E-state index is 0.441. The quantitative estimate of drug-likeness (QED) is 0.165. The van der Waals surface area contributed by atoms with Crippen molar-refractivity contribution in [3.63, 3.8) is 0 Å². The first kappa shape index (κ1) is 30.4. The molecule has 0 atom stereocenters. The normalized spacial score (nSPS) is 21.9. The number of nitrogens with zero attached hydrogens (tertiary/aromatic N) is 1. The van der Waals surface area contributed by atoms with E-state index >= 15 is 0 Å². The van der Waals surface area contributed by atoms with Crippen molar-refractivity contribution in [3.05, 3.63) is 175 Å². The Morgan fingerprint density at radius 1 is 0.373 bits per heavy atom. The van der Waals surface area contributed by atoms with Crippen LogP contribution in [0.5, 0.6) is 0 Å². The van der Waals surface area contributed by atoms with E-state index in [1.54, 1.807) is 5.56 Å². The molecule has 0 N–H and O–H groups in total. The molecule has 0 saturated heterocycles. The monoisotopic (exact) mass is 657 g/mol. The highest BCUT2D eigenvalue weighted by atomic mass is 15.1. The number of hydrogen-bond acceptors (Lipinski definition) is 1. The van der Waals surface area contributed by atoms with Gasteiger partial charge in [-0.15, -0.1) is 0 Å². The van der Waals surface area contributed by atoms with Gasteiger partial charge in [-0.3, -0.25) is 0 Å². The van der Waals surface area contributed by atoms with E-state index in [-0.39, 0.29) is 0 Å². The van der Waals surface area contributed by atoms with Crippen molar-refractivity contribution in [2.75, 3.05) is 4.90 Å². The van der Waals surface area contributed by atoms with E-state index < -0.39 is 0 Å². The van der Waals surface area contributed by atoms with Crippen LogP contribution in [0.2, 0.25) is 0 Å². The fourth-order valence-corrected chi connectivity index (χ4v) is 10.4. The zero-order valence-electron chi connectivity index (χ0n) is 29.1. The van der Waals surface area contributed by atoms with E-state index in [0.29, 0.717) is 5.41 Å². The summed E-state index contributed by atoms with van der Waals surface area (Å²) in [4.78, 5) is 2.38. The topological polar surface area (TPSA) is 3.24 Å². The van der Waals surface area contributed by atoms with Gasteiger partial charge in [0, 0.05) is 17.1 Å². The summed E-state index contributed by atoms with van der Waals surface area (Å²) in [5.41, 5.74) is 13.0. The molecule has 4 bridgehead atoms. The molecular formula is C50H43N. The highest BCUT2D eigenvalue weighted by Gasteiger charge is 2.51. The predicted octanol–water partition coefficient (Wildman–Crippen LogP) is 13.8. The minimum atomic E-state index is 0.441. The Hall–Kier alpha value is -5.40. The molecule has 7 aromatic carbocycles. The lowest BCUT2D eigenvalue weighted by Crippen LogP contribution is -2.48. The summed E-state index contributed by atoms with van der Waals surface area (Å²) in [6, 6.07) is 62.7. The van der Waals surface area contributed by atoms with Gasteiger partial charge in [0.05, 0.1) is 0 Å². The lowest BCUT2D eigenvalue weighted by atomic mass is 9.48. The highest BCUT2D eigenvalue weighted by Crippen LogP contribution is 2.60. The fourth-order valence-electron chi connectivity index (χ4n) is 10.4. The van der Waals surface area contributed by atoms with Crippen molar-refractivity contribution < 1.29 is 0 Å². The first-order valence-corrected chi connectivity index (χ1v) is 18.9. The van der Waals surface area contributed by atoms with Crippen molar-refractivity contribution >= 4 is 27.8 Å². The molecule has 1 heteroatoms. The third kappa shape index (κ3) is 5.56. The summed E-state index contributed by atoms with van der Waals surface area (Å²) < 4.78 is 0. The van der Waals surface area contributed by atoms with Crippen LogP contribution in [0.3, 0.4) is 0 Å². The molecule has 4 aliphatic rings. The number of fused-ring (bicyclic) bond motifs is 1. The first-order chi connectivity index (χ1) is 25.2. The van der Waals surface area contributed by atoms with Crippen molar-refractivity contribution in [1.29, 1.82) is 0 Å². The van der Waals surface area contributed by atoms with Gasteiger partial charge in [0.1, 0.15) is 0 Å². The Kier molecular flexibility index (Phi) is 7.41. The third-order valence-electron chi connectivity index (χ3n) is 12.5. The van der Waals surface area contributed by atoms with Crippen LogP contribution >= 0.6 is 0 Å². The average Bonchev–Trinajstić information content (AvgIpc) is 3.19. The zero-order chi connectivity index (χ0) is 33.8. The molecule has 0 amide bonds. The molecule has 11 rings (SSSR count). The van der Waals surface area contributed by atoms with Crippen LogP contribution in [-0.2, 0) is 5.41 Å². The van der Waals surface area contributed by atoms with E-state index in [2.05, 4.69) is 175 Å². The number of rotatable bonds is 7. The molecule has 248 valence electrons. The van der Waals surface area contributed by atoms with Crippen LogP contribution < -0.4 is 4.90 Å². The van der Waals surface area contributed by atoms with Gasteiger partial charge >= 0.3 is 0 Å². The summed E-state index contributed by atoms with van der Waals surface area (Å²) >= 11 is 0.